The van der Waals surface area contributed by atoms with Crippen LogP contribution in [0.4, 0.5) is 0 Å². The Bertz CT molecular complexity index is 649. The van der Waals surface area contributed by atoms with Gasteiger partial charge in [0.1, 0.15) is 11.3 Å². The SMILES string of the molecule is CC(=O)c1cccc2cc(C(=O)O)c(OI)cc12. The molecule has 0 atom stereocenters. The second-order valence-electron chi connectivity index (χ2n) is 3.81. The average molecular weight is 356 g/mol. The molecule has 0 aliphatic rings. The Labute approximate surface area is 117 Å². The minimum atomic E-state index is -1.06. The van der Waals surface area contributed by atoms with Gasteiger partial charge in [-0.15, -0.1) is 0 Å². The third-order valence-corrected chi connectivity index (χ3v) is 3.15. The number of benzene rings is 2. The van der Waals surface area contributed by atoms with E-state index in [4.69, 9.17) is 8.17 Å². The van der Waals surface area contributed by atoms with E-state index in [9.17, 15) is 9.59 Å². The number of Topliss-reactive ketones (excluding diaryl/α,β-unsaturated/α-hetero) is 1. The van der Waals surface area contributed by atoms with Crippen LogP contribution in [0.1, 0.15) is 27.6 Å². The van der Waals surface area contributed by atoms with E-state index < -0.39 is 5.97 Å². The predicted octanol–water partition coefficient (Wildman–Crippen LogP) is 3.47. The molecule has 2 rings (SSSR count). The lowest BCUT2D eigenvalue weighted by molar-refractivity contribution is 0.0695. The number of hydrogen-bond donors (Lipinski definition) is 1. The maximum atomic E-state index is 11.5. The molecule has 92 valence electrons. The lowest BCUT2D eigenvalue weighted by Crippen LogP contribution is -2.00. The van der Waals surface area contributed by atoms with Gasteiger partial charge in [-0.25, -0.2) is 4.79 Å². The largest absolute Gasteiger partial charge is 0.478 e. The first-order chi connectivity index (χ1) is 8.54. The van der Waals surface area contributed by atoms with Crippen LogP contribution in [0.3, 0.4) is 0 Å². The summed E-state index contributed by atoms with van der Waals surface area (Å²) in [6.45, 7) is 1.48. The van der Waals surface area contributed by atoms with Gasteiger partial charge >= 0.3 is 5.97 Å². The number of carboxylic acids is 1. The number of carbonyl (C=O) groups excluding carboxylic acids is 1. The predicted molar refractivity (Wildman–Crippen MR) is 75.6 cm³/mol. The molecule has 0 unspecified atom stereocenters. The van der Waals surface area contributed by atoms with Crippen LogP contribution in [-0.2, 0) is 0 Å². The maximum absolute atomic E-state index is 11.5. The van der Waals surface area contributed by atoms with Gasteiger partial charge in [0.05, 0.1) is 0 Å². The summed E-state index contributed by atoms with van der Waals surface area (Å²) in [6, 6.07) is 8.31. The van der Waals surface area contributed by atoms with E-state index >= 15 is 0 Å². The molecule has 0 aromatic heterocycles. The molecule has 0 saturated carbocycles. The number of rotatable bonds is 3. The Morgan fingerprint density at radius 2 is 1.94 bits per heavy atom. The summed E-state index contributed by atoms with van der Waals surface area (Å²) in [5, 5.41) is 10.5. The highest BCUT2D eigenvalue weighted by Crippen LogP contribution is 2.29. The molecule has 0 radical (unpaired) electrons. The molecule has 2 aromatic rings. The van der Waals surface area contributed by atoms with E-state index in [1.54, 1.807) is 47.3 Å². The van der Waals surface area contributed by atoms with Gasteiger partial charge in [0, 0.05) is 5.56 Å². The van der Waals surface area contributed by atoms with E-state index in [0.29, 0.717) is 16.3 Å². The molecule has 0 spiro atoms. The Morgan fingerprint density at radius 1 is 1.22 bits per heavy atom. The number of ketones is 1. The van der Waals surface area contributed by atoms with Crippen LogP contribution in [0, 0.1) is 0 Å². The Balaban J connectivity index is 2.82. The lowest BCUT2D eigenvalue weighted by atomic mass is 9.99. The highest BCUT2D eigenvalue weighted by molar-refractivity contribution is 14.1. The number of carboxylic acid groups (broad SMARTS) is 1. The molecule has 0 heterocycles. The van der Waals surface area contributed by atoms with Crippen molar-refractivity contribution in [2.45, 2.75) is 6.92 Å². The molecule has 0 fully saturated rings. The Morgan fingerprint density at radius 3 is 2.50 bits per heavy atom. The highest BCUT2D eigenvalue weighted by atomic mass is 127. The van der Waals surface area contributed by atoms with E-state index in [1.165, 1.54) is 13.0 Å². The van der Waals surface area contributed by atoms with E-state index in [0.717, 1.165) is 0 Å². The van der Waals surface area contributed by atoms with Crippen LogP contribution >= 0.6 is 23.0 Å². The number of hydrogen-bond acceptors (Lipinski definition) is 3. The fourth-order valence-corrected chi connectivity index (χ4v) is 2.21. The molecular weight excluding hydrogens is 347 g/mol. The van der Waals surface area contributed by atoms with Crippen molar-refractivity contribution in [2.24, 2.45) is 0 Å². The highest BCUT2D eigenvalue weighted by Gasteiger charge is 2.15. The van der Waals surface area contributed by atoms with E-state index in [1.807, 2.05) is 0 Å². The summed E-state index contributed by atoms with van der Waals surface area (Å²) in [4.78, 5) is 22.6. The second kappa shape index (κ2) is 4.93. The van der Waals surface area contributed by atoms with Crippen LogP contribution in [-0.4, -0.2) is 16.9 Å². The van der Waals surface area contributed by atoms with Gasteiger partial charge in [0.25, 0.3) is 0 Å². The normalized spacial score (nSPS) is 10.3. The zero-order valence-electron chi connectivity index (χ0n) is 9.44. The van der Waals surface area contributed by atoms with Crippen molar-refractivity contribution >= 4 is 45.5 Å². The molecular formula is C13H9IO4. The first-order valence-electron chi connectivity index (χ1n) is 5.14. The minimum Gasteiger partial charge on any atom is -0.478 e. The van der Waals surface area contributed by atoms with Crippen molar-refractivity contribution in [2.75, 3.05) is 0 Å². The van der Waals surface area contributed by atoms with Gasteiger partial charge in [-0.1, -0.05) is 18.2 Å². The van der Waals surface area contributed by atoms with Crippen molar-refractivity contribution < 1.29 is 17.8 Å². The average Bonchev–Trinajstić information content (AvgIpc) is 2.35. The summed E-state index contributed by atoms with van der Waals surface area (Å²) in [5.41, 5.74) is 0.636. The van der Waals surface area contributed by atoms with Crippen molar-refractivity contribution in [1.82, 2.24) is 0 Å². The summed E-state index contributed by atoms with van der Waals surface area (Å²) in [6.07, 6.45) is 0. The first-order valence-corrected chi connectivity index (χ1v) is 6.02. The monoisotopic (exact) mass is 356 g/mol. The topological polar surface area (TPSA) is 63.6 Å². The number of halogens is 1. The summed E-state index contributed by atoms with van der Waals surface area (Å²) in [5.74, 6) is -0.885. The van der Waals surface area contributed by atoms with Gasteiger partial charge in [0.15, 0.2) is 28.8 Å². The molecule has 0 aliphatic heterocycles. The van der Waals surface area contributed by atoms with Gasteiger partial charge in [-0.3, -0.25) is 4.79 Å². The van der Waals surface area contributed by atoms with Crippen LogP contribution in [0.5, 0.6) is 5.75 Å². The summed E-state index contributed by atoms with van der Waals surface area (Å²) in [7, 11) is 0. The van der Waals surface area contributed by atoms with Crippen LogP contribution < -0.4 is 3.07 Å². The molecule has 0 amide bonds. The van der Waals surface area contributed by atoms with Crippen molar-refractivity contribution in [3.8, 4) is 5.75 Å². The Kier molecular flexibility index (Phi) is 3.51. The minimum absolute atomic E-state index is 0.0666. The molecule has 4 nitrogen and oxygen atoms in total. The maximum Gasteiger partial charge on any atom is 0.339 e. The van der Waals surface area contributed by atoms with E-state index in [-0.39, 0.29) is 17.1 Å². The van der Waals surface area contributed by atoms with E-state index in [2.05, 4.69) is 0 Å². The smallest absolute Gasteiger partial charge is 0.339 e. The second-order valence-corrected chi connectivity index (χ2v) is 4.25. The van der Waals surface area contributed by atoms with Crippen LogP contribution in [0.25, 0.3) is 10.8 Å². The van der Waals surface area contributed by atoms with Gasteiger partial charge < -0.3 is 8.17 Å². The molecule has 0 saturated heterocycles. The van der Waals surface area contributed by atoms with Crippen LogP contribution in [0.2, 0.25) is 0 Å². The fraction of sp³-hybridized carbons (Fsp3) is 0.0769. The zero-order chi connectivity index (χ0) is 13.3. The summed E-state index contributed by atoms with van der Waals surface area (Å²) < 4.78 is 5.03. The van der Waals surface area contributed by atoms with Gasteiger partial charge in [0.2, 0.25) is 0 Å². The first kappa shape index (κ1) is 12.8. The third kappa shape index (κ3) is 2.17. The molecule has 0 aliphatic carbocycles. The Hall–Kier alpha value is -1.63. The van der Waals surface area contributed by atoms with Gasteiger partial charge in [-0.05, 0) is 29.8 Å². The zero-order valence-corrected chi connectivity index (χ0v) is 11.6. The van der Waals surface area contributed by atoms with Crippen molar-refractivity contribution in [1.29, 1.82) is 0 Å². The quantitative estimate of drug-likeness (QED) is 0.676. The number of aromatic carboxylic acids is 1. The number of carbonyl (C=O) groups is 2. The molecule has 0 bridgehead atoms. The fourth-order valence-electron chi connectivity index (χ4n) is 1.84. The van der Waals surface area contributed by atoms with Gasteiger partial charge in [-0.2, -0.15) is 0 Å². The molecule has 1 N–H and O–H groups in total. The van der Waals surface area contributed by atoms with Crippen molar-refractivity contribution in [3.63, 3.8) is 0 Å². The summed E-state index contributed by atoms with van der Waals surface area (Å²) >= 11 is 1.63. The molecule has 18 heavy (non-hydrogen) atoms. The molecule has 2 aromatic carbocycles. The lowest BCUT2D eigenvalue weighted by Gasteiger charge is -2.08. The molecule has 5 heteroatoms. The van der Waals surface area contributed by atoms with Crippen molar-refractivity contribution in [3.05, 3.63) is 41.5 Å². The number of fused-ring (bicyclic) bond motifs is 1. The standard InChI is InChI=1S/C13H9IO4/c1-7(15)9-4-2-3-8-5-11(13(16)17)12(18-14)6-10(8)9/h2-6H,1H3,(H,16,17). The third-order valence-electron chi connectivity index (χ3n) is 2.67. The van der Waals surface area contributed by atoms with Crippen LogP contribution in [0.15, 0.2) is 30.3 Å².